The highest BCUT2D eigenvalue weighted by atomic mass is 32.2. The summed E-state index contributed by atoms with van der Waals surface area (Å²) in [6.07, 6.45) is 12.5. The maximum Gasteiger partial charge on any atom is 0.327 e. The zero-order valence-electron chi connectivity index (χ0n) is 14.9. The average Bonchev–Trinajstić information content (AvgIpc) is 2.48. The fraction of sp³-hybridized carbons (Fsp3) is 0.778. The maximum absolute atomic E-state index is 11.0. The van der Waals surface area contributed by atoms with Gasteiger partial charge in [-0.2, -0.15) is 11.8 Å². The number of unbranched alkanes of at least 4 members (excludes halogenated alkanes) is 6. The number of amides is 1. The first-order chi connectivity index (χ1) is 11.0. The summed E-state index contributed by atoms with van der Waals surface area (Å²) >= 11 is 1.54. The van der Waals surface area contributed by atoms with Gasteiger partial charge in [0, 0.05) is 18.4 Å². The third kappa shape index (κ3) is 14.4. The lowest BCUT2D eigenvalue weighted by Crippen LogP contribution is -2.41. The first-order valence-corrected chi connectivity index (χ1v) is 9.86. The van der Waals surface area contributed by atoms with Crippen LogP contribution in [0, 0.1) is 0 Å². The van der Waals surface area contributed by atoms with Crippen LogP contribution in [-0.2, 0) is 9.59 Å². The van der Waals surface area contributed by atoms with Crippen LogP contribution in [0.15, 0.2) is 11.6 Å². The number of allylic oxidation sites excluding steroid dienone is 1. The van der Waals surface area contributed by atoms with Crippen LogP contribution in [-0.4, -0.2) is 34.5 Å². The van der Waals surface area contributed by atoms with Gasteiger partial charge in [0.1, 0.15) is 6.04 Å². The van der Waals surface area contributed by atoms with Crippen molar-refractivity contribution in [3.05, 3.63) is 11.6 Å². The molecule has 1 unspecified atom stereocenters. The van der Waals surface area contributed by atoms with Crippen LogP contribution in [0.1, 0.15) is 72.1 Å². The van der Waals surface area contributed by atoms with Gasteiger partial charge < -0.3 is 10.4 Å². The van der Waals surface area contributed by atoms with Gasteiger partial charge in [-0.15, -0.1) is 0 Å². The Hall–Kier alpha value is -0.970. The number of hydrogen-bond donors (Lipinski definition) is 2. The molecule has 5 heteroatoms. The number of carbonyl (C=O) groups is 2. The van der Waals surface area contributed by atoms with E-state index >= 15 is 0 Å². The second-order valence-corrected chi connectivity index (χ2v) is 7.13. The lowest BCUT2D eigenvalue weighted by molar-refractivity contribution is -0.140. The van der Waals surface area contributed by atoms with E-state index in [1.165, 1.54) is 57.4 Å². The van der Waals surface area contributed by atoms with E-state index in [0.717, 1.165) is 12.2 Å². The van der Waals surface area contributed by atoms with E-state index in [0.29, 0.717) is 5.75 Å². The minimum atomic E-state index is -0.975. The van der Waals surface area contributed by atoms with Crippen LogP contribution in [0.2, 0.25) is 0 Å². The molecule has 0 saturated heterocycles. The summed E-state index contributed by atoms with van der Waals surface area (Å²) in [6.45, 7) is 5.72. The Labute approximate surface area is 145 Å². The third-order valence-corrected chi connectivity index (χ3v) is 4.66. The first kappa shape index (κ1) is 22.0. The van der Waals surface area contributed by atoms with E-state index < -0.39 is 12.0 Å². The van der Waals surface area contributed by atoms with E-state index in [4.69, 9.17) is 5.11 Å². The largest absolute Gasteiger partial charge is 0.480 e. The summed E-state index contributed by atoms with van der Waals surface area (Å²) in [5, 5.41) is 11.5. The number of nitrogens with one attached hydrogen (secondary N) is 1. The molecule has 0 bridgehead atoms. The molecule has 23 heavy (non-hydrogen) atoms. The molecule has 2 N–H and O–H groups in total. The van der Waals surface area contributed by atoms with Gasteiger partial charge >= 0.3 is 5.97 Å². The SMILES string of the molecule is CCCCCCCCC/C(C)=C/CSCC(NC(C)=O)C(=O)O. The van der Waals surface area contributed by atoms with Crippen molar-refractivity contribution < 1.29 is 14.7 Å². The Kier molecular flexibility index (Phi) is 14.0. The van der Waals surface area contributed by atoms with E-state index in [9.17, 15) is 9.59 Å². The maximum atomic E-state index is 11.0. The Morgan fingerprint density at radius 3 is 2.26 bits per heavy atom. The van der Waals surface area contributed by atoms with Crippen molar-refractivity contribution in [1.29, 1.82) is 0 Å². The molecule has 0 fully saturated rings. The molecule has 134 valence electrons. The predicted octanol–water partition coefficient (Wildman–Crippen LogP) is 4.40. The molecule has 1 amide bonds. The number of carbonyl (C=O) groups excluding carboxylic acids is 1. The monoisotopic (exact) mass is 343 g/mol. The minimum absolute atomic E-state index is 0.302. The van der Waals surface area contributed by atoms with E-state index in [1.54, 1.807) is 11.8 Å². The second kappa shape index (κ2) is 14.6. The standard InChI is InChI=1S/C18H33NO3S/c1-4-5-6-7-8-9-10-11-15(2)12-13-23-14-17(18(21)22)19-16(3)20/h12,17H,4-11,13-14H2,1-3H3,(H,19,20)(H,21,22)/b15-12+. The van der Waals surface area contributed by atoms with Gasteiger partial charge in [-0.1, -0.05) is 57.1 Å². The smallest absolute Gasteiger partial charge is 0.327 e. The molecule has 0 aliphatic rings. The lowest BCUT2D eigenvalue weighted by atomic mass is 10.1. The van der Waals surface area contributed by atoms with Gasteiger partial charge in [-0.25, -0.2) is 4.79 Å². The molecule has 0 aromatic carbocycles. The molecule has 0 aromatic rings. The van der Waals surface area contributed by atoms with E-state index in [2.05, 4.69) is 25.2 Å². The van der Waals surface area contributed by atoms with Crippen molar-refractivity contribution in [3.8, 4) is 0 Å². The van der Waals surface area contributed by atoms with Crippen LogP contribution in [0.5, 0.6) is 0 Å². The summed E-state index contributed by atoms with van der Waals surface area (Å²) in [5.74, 6) is -0.0814. The minimum Gasteiger partial charge on any atom is -0.480 e. The first-order valence-electron chi connectivity index (χ1n) is 8.70. The van der Waals surface area contributed by atoms with Crippen LogP contribution < -0.4 is 5.32 Å². The number of aliphatic carboxylic acids is 1. The van der Waals surface area contributed by atoms with Gasteiger partial charge in [0.05, 0.1) is 0 Å². The van der Waals surface area contributed by atoms with Gasteiger partial charge in [-0.05, 0) is 19.8 Å². The lowest BCUT2D eigenvalue weighted by Gasteiger charge is -2.12. The van der Waals surface area contributed by atoms with Gasteiger partial charge in [0.25, 0.3) is 0 Å². The summed E-state index contributed by atoms with van der Waals surface area (Å²) in [6, 6.07) is -0.797. The highest BCUT2D eigenvalue weighted by Gasteiger charge is 2.17. The second-order valence-electron chi connectivity index (χ2n) is 6.05. The zero-order valence-corrected chi connectivity index (χ0v) is 15.7. The highest BCUT2D eigenvalue weighted by molar-refractivity contribution is 7.99. The number of carboxylic acids is 1. The number of thioether (sulfide) groups is 1. The molecule has 0 rings (SSSR count). The van der Waals surface area contributed by atoms with Crippen molar-refractivity contribution in [1.82, 2.24) is 5.32 Å². The predicted molar refractivity (Wildman–Crippen MR) is 98.9 cm³/mol. The van der Waals surface area contributed by atoms with Gasteiger partial charge in [0.2, 0.25) is 5.91 Å². The molecule has 0 aliphatic carbocycles. The molecule has 0 saturated carbocycles. The fourth-order valence-corrected chi connectivity index (χ4v) is 3.27. The molecule has 0 spiro atoms. The number of carboxylic acid groups (broad SMARTS) is 1. The van der Waals surface area contributed by atoms with Crippen molar-refractivity contribution in [2.75, 3.05) is 11.5 Å². The van der Waals surface area contributed by atoms with Crippen molar-refractivity contribution in [3.63, 3.8) is 0 Å². The van der Waals surface area contributed by atoms with Crippen LogP contribution in [0.3, 0.4) is 0 Å². The molecule has 0 aliphatic heterocycles. The molecule has 1 atom stereocenters. The third-order valence-electron chi connectivity index (χ3n) is 3.68. The van der Waals surface area contributed by atoms with Crippen LogP contribution in [0.4, 0.5) is 0 Å². The highest BCUT2D eigenvalue weighted by Crippen LogP contribution is 2.13. The van der Waals surface area contributed by atoms with Gasteiger partial charge in [-0.3, -0.25) is 4.79 Å². The van der Waals surface area contributed by atoms with Crippen molar-refractivity contribution in [2.24, 2.45) is 0 Å². The Bertz CT molecular complexity index is 369. The summed E-state index contributed by atoms with van der Waals surface area (Å²) in [4.78, 5) is 21.9. The van der Waals surface area contributed by atoms with Crippen molar-refractivity contribution >= 4 is 23.6 Å². The van der Waals surface area contributed by atoms with Crippen LogP contribution >= 0.6 is 11.8 Å². The molecular weight excluding hydrogens is 310 g/mol. The summed E-state index contributed by atoms with van der Waals surface area (Å²) < 4.78 is 0. The van der Waals surface area contributed by atoms with E-state index in [1.807, 2.05) is 0 Å². The fourth-order valence-electron chi connectivity index (χ4n) is 2.27. The molecular formula is C18H33NO3S. The summed E-state index contributed by atoms with van der Waals surface area (Å²) in [7, 11) is 0. The average molecular weight is 344 g/mol. The van der Waals surface area contributed by atoms with Crippen molar-refractivity contribution in [2.45, 2.75) is 78.2 Å². The molecule has 0 radical (unpaired) electrons. The van der Waals surface area contributed by atoms with Crippen LogP contribution in [0.25, 0.3) is 0 Å². The topological polar surface area (TPSA) is 66.4 Å². The molecule has 4 nitrogen and oxygen atoms in total. The molecule has 0 aromatic heterocycles. The Balaban J connectivity index is 3.72. The molecule has 0 heterocycles. The van der Waals surface area contributed by atoms with Gasteiger partial charge in [0.15, 0.2) is 0 Å². The quantitative estimate of drug-likeness (QED) is 0.362. The Morgan fingerprint density at radius 2 is 1.70 bits per heavy atom. The zero-order chi connectivity index (χ0) is 17.5. The number of hydrogen-bond acceptors (Lipinski definition) is 3. The summed E-state index contributed by atoms with van der Waals surface area (Å²) in [5.41, 5.74) is 1.37. The van der Waals surface area contributed by atoms with E-state index in [-0.39, 0.29) is 5.91 Å². The number of rotatable bonds is 14. The normalized spacial score (nSPS) is 12.9. The Morgan fingerprint density at radius 1 is 1.09 bits per heavy atom.